The summed E-state index contributed by atoms with van der Waals surface area (Å²) in [4.78, 5) is 31.1. The SMILES string of the molecule is CCCc1c(Cc2ccc(-c3ccccc3)c(C3=NNC(=O)C3)c2)c(=O)n(C2CCC3(CC2)CC(O)CO3)c2ncnn12. The van der Waals surface area contributed by atoms with Gasteiger partial charge in [0.1, 0.15) is 6.33 Å². The molecule has 1 spiro atoms. The van der Waals surface area contributed by atoms with E-state index in [9.17, 15) is 14.7 Å². The maximum Gasteiger partial charge on any atom is 0.259 e. The molecule has 2 aromatic carbocycles. The number of ether oxygens (including phenoxy) is 1. The van der Waals surface area contributed by atoms with Gasteiger partial charge in [0.15, 0.2) is 0 Å². The number of fused-ring (bicyclic) bond motifs is 1. The van der Waals surface area contributed by atoms with E-state index in [1.54, 1.807) is 0 Å². The average molecular weight is 581 g/mol. The third kappa shape index (κ3) is 5.08. The average Bonchev–Trinajstić information content (AvgIpc) is 3.77. The predicted molar refractivity (Wildman–Crippen MR) is 162 cm³/mol. The second-order valence-corrected chi connectivity index (χ2v) is 12.1. The zero-order valence-electron chi connectivity index (χ0n) is 24.3. The third-order valence-electron chi connectivity index (χ3n) is 9.24. The van der Waals surface area contributed by atoms with Crippen LogP contribution in [0.4, 0.5) is 0 Å². The van der Waals surface area contributed by atoms with Gasteiger partial charge in [-0.1, -0.05) is 55.8 Å². The summed E-state index contributed by atoms with van der Waals surface area (Å²) in [6.45, 7) is 2.49. The minimum atomic E-state index is -0.412. The Labute approximate surface area is 249 Å². The number of hydrogen-bond donors (Lipinski definition) is 2. The summed E-state index contributed by atoms with van der Waals surface area (Å²) in [5.74, 6) is 0.450. The molecule has 7 rings (SSSR count). The minimum Gasteiger partial charge on any atom is -0.391 e. The Hall–Kier alpha value is -4.15. The van der Waals surface area contributed by atoms with Gasteiger partial charge in [0.25, 0.3) is 5.56 Å². The molecule has 1 atom stereocenters. The summed E-state index contributed by atoms with van der Waals surface area (Å²) < 4.78 is 9.73. The van der Waals surface area contributed by atoms with E-state index >= 15 is 0 Å². The van der Waals surface area contributed by atoms with Crippen LogP contribution < -0.4 is 11.0 Å². The summed E-state index contributed by atoms with van der Waals surface area (Å²) in [5.41, 5.74) is 8.45. The predicted octanol–water partition coefficient (Wildman–Crippen LogP) is 3.96. The highest BCUT2D eigenvalue weighted by atomic mass is 16.5. The first-order valence-electron chi connectivity index (χ1n) is 15.3. The molecule has 10 heteroatoms. The van der Waals surface area contributed by atoms with E-state index in [2.05, 4.69) is 45.7 Å². The topological polar surface area (TPSA) is 123 Å². The summed E-state index contributed by atoms with van der Waals surface area (Å²) in [7, 11) is 0. The molecule has 1 amide bonds. The molecular formula is C33H36N6O4. The van der Waals surface area contributed by atoms with Crippen molar-refractivity contribution in [2.24, 2.45) is 5.10 Å². The lowest BCUT2D eigenvalue weighted by atomic mass is 9.80. The van der Waals surface area contributed by atoms with E-state index < -0.39 is 6.10 Å². The van der Waals surface area contributed by atoms with Gasteiger partial charge in [-0.25, -0.2) is 9.94 Å². The molecular weight excluding hydrogens is 544 g/mol. The number of rotatable bonds is 7. The summed E-state index contributed by atoms with van der Waals surface area (Å²) in [6.07, 6.45) is 7.12. The molecule has 3 aliphatic rings. The maximum absolute atomic E-state index is 14.4. The molecule has 2 aliphatic heterocycles. The van der Waals surface area contributed by atoms with Crippen LogP contribution in [0.5, 0.6) is 0 Å². The van der Waals surface area contributed by atoms with E-state index in [-0.39, 0.29) is 29.5 Å². The van der Waals surface area contributed by atoms with Crippen LogP contribution in [0.15, 0.2) is 64.8 Å². The van der Waals surface area contributed by atoms with Gasteiger partial charge < -0.3 is 9.84 Å². The van der Waals surface area contributed by atoms with Crippen molar-refractivity contribution < 1.29 is 14.6 Å². The Morgan fingerprint density at radius 1 is 1.09 bits per heavy atom. The number of aliphatic hydroxyl groups excluding tert-OH is 1. The van der Waals surface area contributed by atoms with Gasteiger partial charge in [0, 0.05) is 30.0 Å². The summed E-state index contributed by atoms with van der Waals surface area (Å²) in [6, 6.07) is 16.2. The van der Waals surface area contributed by atoms with Crippen molar-refractivity contribution in [1.29, 1.82) is 0 Å². The standard InChI is InChI=1S/C33H36N6O4/c1-2-6-29-27(16-21-9-10-25(22-7-4-3-5-8-22)26(15-21)28-17-30(41)37-36-28)31(42)38(32-34-20-35-39(29)32)23-11-13-33(14-12-23)18-24(40)19-43-33/h3-5,7-10,15,20,23-24,40H,2,6,11-14,16-19H2,1H3,(H,37,41). The van der Waals surface area contributed by atoms with E-state index in [4.69, 9.17) is 4.74 Å². The summed E-state index contributed by atoms with van der Waals surface area (Å²) in [5, 5.41) is 19.0. The molecule has 4 heterocycles. The van der Waals surface area contributed by atoms with Crippen molar-refractivity contribution >= 4 is 17.4 Å². The van der Waals surface area contributed by atoms with Gasteiger partial charge in [0.2, 0.25) is 11.7 Å². The van der Waals surface area contributed by atoms with Crippen LogP contribution in [0.2, 0.25) is 0 Å². The zero-order valence-corrected chi connectivity index (χ0v) is 24.3. The molecule has 1 aliphatic carbocycles. The number of carbonyl (C=O) groups excluding carboxylic acids is 1. The van der Waals surface area contributed by atoms with Crippen LogP contribution >= 0.6 is 0 Å². The second-order valence-electron chi connectivity index (χ2n) is 12.1. The van der Waals surface area contributed by atoms with Crippen molar-refractivity contribution in [3.8, 4) is 11.1 Å². The van der Waals surface area contributed by atoms with Crippen molar-refractivity contribution in [3.05, 3.63) is 87.6 Å². The number of aryl methyl sites for hydroxylation is 1. The van der Waals surface area contributed by atoms with E-state index in [1.165, 1.54) is 6.33 Å². The lowest BCUT2D eigenvalue weighted by Gasteiger charge is -2.37. The number of nitrogens with one attached hydrogen (secondary N) is 1. The van der Waals surface area contributed by atoms with E-state index in [1.807, 2.05) is 39.4 Å². The Kier molecular flexibility index (Phi) is 7.18. The molecule has 2 fully saturated rings. The Morgan fingerprint density at radius 2 is 1.91 bits per heavy atom. The van der Waals surface area contributed by atoms with Crippen LogP contribution in [0, 0.1) is 0 Å². The van der Waals surface area contributed by atoms with E-state index in [0.29, 0.717) is 42.9 Å². The number of benzene rings is 2. The molecule has 4 aromatic rings. The maximum atomic E-state index is 14.4. The fraction of sp³-hybridized carbons (Fsp3) is 0.424. The third-order valence-corrected chi connectivity index (χ3v) is 9.24. The van der Waals surface area contributed by atoms with E-state index in [0.717, 1.165) is 60.1 Å². The highest BCUT2D eigenvalue weighted by molar-refractivity contribution is 6.16. The fourth-order valence-electron chi connectivity index (χ4n) is 7.16. The van der Waals surface area contributed by atoms with Gasteiger partial charge in [0.05, 0.1) is 36.1 Å². The molecule has 1 saturated carbocycles. The van der Waals surface area contributed by atoms with Crippen LogP contribution in [0.25, 0.3) is 16.9 Å². The van der Waals surface area contributed by atoms with Gasteiger partial charge in [-0.15, -0.1) is 0 Å². The van der Waals surface area contributed by atoms with Gasteiger partial charge in [-0.3, -0.25) is 14.2 Å². The normalized spacial score (nSPS) is 23.7. The van der Waals surface area contributed by atoms with Crippen LogP contribution in [-0.4, -0.2) is 54.2 Å². The number of hydrazone groups is 1. The lowest BCUT2D eigenvalue weighted by Crippen LogP contribution is -2.39. The molecule has 0 bridgehead atoms. The Morgan fingerprint density at radius 3 is 2.60 bits per heavy atom. The molecule has 1 unspecified atom stereocenters. The molecule has 2 aromatic heterocycles. The van der Waals surface area contributed by atoms with Crippen molar-refractivity contribution in [1.82, 2.24) is 24.6 Å². The molecule has 1 saturated heterocycles. The smallest absolute Gasteiger partial charge is 0.259 e. The van der Waals surface area contributed by atoms with Gasteiger partial charge in [-0.05, 0) is 54.9 Å². The van der Waals surface area contributed by atoms with Crippen LogP contribution in [0.1, 0.15) is 80.3 Å². The summed E-state index contributed by atoms with van der Waals surface area (Å²) >= 11 is 0. The van der Waals surface area contributed by atoms with Gasteiger partial charge >= 0.3 is 0 Å². The first kappa shape index (κ1) is 27.7. The second kappa shape index (κ2) is 11.2. The number of aliphatic hydroxyl groups is 1. The zero-order chi connectivity index (χ0) is 29.6. The largest absolute Gasteiger partial charge is 0.391 e. The Bertz CT molecular complexity index is 1770. The highest BCUT2D eigenvalue weighted by Crippen LogP contribution is 2.43. The number of carbonyl (C=O) groups is 1. The fourth-order valence-corrected chi connectivity index (χ4v) is 7.16. The van der Waals surface area contributed by atoms with Gasteiger partial charge in [-0.2, -0.15) is 15.2 Å². The molecule has 2 N–H and O–H groups in total. The quantitative estimate of drug-likeness (QED) is 0.341. The van der Waals surface area contributed by atoms with Crippen LogP contribution in [-0.2, 0) is 22.4 Å². The lowest BCUT2D eigenvalue weighted by molar-refractivity contribution is -0.119. The first-order valence-corrected chi connectivity index (χ1v) is 15.3. The number of amides is 1. The number of hydrogen-bond acceptors (Lipinski definition) is 7. The van der Waals surface area contributed by atoms with Crippen LogP contribution in [0.3, 0.4) is 0 Å². The Balaban J connectivity index is 1.29. The van der Waals surface area contributed by atoms with Crippen molar-refractivity contribution in [3.63, 3.8) is 0 Å². The monoisotopic (exact) mass is 580 g/mol. The number of aromatic nitrogens is 4. The highest BCUT2D eigenvalue weighted by Gasteiger charge is 2.43. The van der Waals surface area contributed by atoms with Crippen molar-refractivity contribution in [2.75, 3.05) is 6.61 Å². The molecule has 10 nitrogen and oxygen atoms in total. The number of nitrogens with zero attached hydrogens (tertiary/aromatic N) is 5. The molecule has 43 heavy (non-hydrogen) atoms. The molecule has 222 valence electrons. The first-order chi connectivity index (χ1) is 20.9. The van der Waals surface area contributed by atoms with Crippen molar-refractivity contribution in [2.45, 2.75) is 82.5 Å². The minimum absolute atomic E-state index is 0.0263. The molecule has 0 radical (unpaired) electrons.